The summed E-state index contributed by atoms with van der Waals surface area (Å²) in [6, 6.07) is 1.09. The lowest BCUT2D eigenvalue weighted by Crippen LogP contribution is -2.50. The van der Waals surface area contributed by atoms with Gasteiger partial charge in [-0.15, -0.1) is 0 Å². The van der Waals surface area contributed by atoms with Gasteiger partial charge in [0.2, 0.25) is 0 Å². The van der Waals surface area contributed by atoms with Gasteiger partial charge in [0.25, 0.3) is 0 Å². The molecule has 20 heavy (non-hydrogen) atoms. The summed E-state index contributed by atoms with van der Waals surface area (Å²) in [6.45, 7) is 4.23. The summed E-state index contributed by atoms with van der Waals surface area (Å²) in [5, 5.41) is 8.91. The second-order valence-corrected chi connectivity index (χ2v) is 6.28. The summed E-state index contributed by atoms with van der Waals surface area (Å²) in [7, 11) is 0. The number of aliphatic carboxylic acids is 1. The van der Waals surface area contributed by atoms with Crippen molar-refractivity contribution in [3.05, 3.63) is 0 Å². The summed E-state index contributed by atoms with van der Waals surface area (Å²) in [4.78, 5) is 13.4. The molecule has 0 aliphatic carbocycles. The van der Waals surface area contributed by atoms with E-state index in [2.05, 4.69) is 11.8 Å². The van der Waals surface area contributed by atoms with Crippen LogP contribution in [0.2, 0.25) is 0 Å². The minimum atomic E-state index is -0.661. The molecule has 3 unspecified atom stereocenters. The van der Waals surface area contributed by atoms with Gasteiger partial charge in [0.05, 0.1) is 6.10 Å². The van der Waals surface area contributed by atoms with Crippen molar-refractivity contribution in [2.75, 3.05) is 13.2 Å². The molecule has 0 aromatic rings. The third-order valence-corrected chi connectivity index (χ3v) is 4.78. The first-order valence-corrected chi connectivity index (χ1v) is 8.29. The number of rotatable bonds is 6. The molecule has 2 aliphatic rings. The van der Waals surface area contributed by atoms with E-state index >= 15 is 0 Å². The minimum Gasteiger partial charge on any atom is -0.481 e. The Morgan fingerprint density at radius 1 is 1.30 bits per heavy atom. The minimum absolute atomic E-state index is 0.308. The van der Waals surface area contributed by atoms with Gasteiger partial charge >= 0.3 is 5.97 Å². The molecule has 0 radical (unpaired) electrons. The quantitative estimate of drug-likeness (QED) is 0.814. The van der Waals surface area contributed by atoms with E-state index in [1.165, 1.54) is 25.7 Å². The lowest BCUT2D eigenvalue weighted by Gasteiger charge is -2.44. The van der Waals surface area contributed by atoms with Gasteiger partial charge in [0.15, 0.2) is 0 Å². The van der Waals surface area contributed by atoms with Gasteiger partial charge in [-0.2, -0.15) is 0 Å². The van der Waals surface area contributed by atoms with Crippen LogP contribution in [0.3, 0.4) is 0 Å². The lowest BCUT2D eigenvalue weighted by molar-refractivity contribution is -0.137. The van der Waals surface area contributed by atoms with Gasteiger partial charge in [-0.1, -0.05) is 19.8 Å². The third kappa shape index (κ3) is 4.45. The highest BCUT2D eigenvalue weighted by Gasteiger charge is 2.32. The first kappa shape index (κ1) is 15.8. The molecular formula is C16H29NO3. The first-order chi connectivity index (χ1) is 9.70. The SMILES string of the molecule is CCCC1CC(N2CCCCC2CCC(=O)O)CCO1. The summed E-state index contributed by atoms with van der Waals surface area (Å²) < 4.78 is 5.85. The smallest absolute Gasteiger partial charge is 0.303 e. The van der Waals surface area contributed by atoms with E-state index < -0.39 is 5.97 Å². The van der Waals surface area contributed by atoms with Crippen LogP contribution in [0.25, 0.3) is 0 Å². The molecule has 0 spiro atoms. The molecule has 2 rings (SSSR count). The number of hydrogen-bond donors (Lipinski definition) is 1. The molecule has 0 aromatic heterocycles. The van der Waals surface area contributed by atoms with E-state index in [1.54, 1.807) is 0 Å². The Hall–Kier alpha value is -0.610. The Balaban J connectivity index is 1.90. The lowest BCUT2D eigenvalue weighted by atomic mass is 9.91. The van der Waals surface area contributed by atoms with Crippen LogP contribution in [0.4, 0.5) is 0 Å². The molecule has 2 aliphatic heterocycles. The highest BCUT2D eigenvalue weighted by molar-refractivity contribution is 5.66. The molecule has 1 N–H and O–H groups in total. The normalized spacial score (nSPS) is 32.1. The summed E-state index contributed by atoms with van der Waals surface area (Å²) >= 11 is 0. The van der Waals surface area contributed by atoms with Crippen molar-refractivity contribution < 1.29 is 14.6 Å². The average Bonchev–Trinajstić information content (AvgIpc) is 2.46. The zero-order chi connectivity index (χ0) is 14.4. The number of likely N-dealkylation sites (tertiary alicyclic amines) is 1. The predicted octanol–water partition coefficient (Wildman–Crippen LogP) is 3.05. The highest BCUT2D eigenvalue weighted by atomic mass is 16.5. The van der Waals surface area contributed by atoms with E-state index in [0.717, 1.165) is 38.8 Å². The zero-order valence-electron chi connectivity index (χ0n) is 12.7. The van der Waals surface area contributed by atoms with E-state index in [0.29, 0.717) is 24.6 Å². The van der Waals surface area contributed by atoms with Crippen LogP contribution in [0.5, 0.6) is 0 Å². The Bertz CT molecular complexity index is 306. The largest absolute Gasteiger partial charge is 0.481 e. The van der Waals surface area contributed by atoms with Crippen LogP contribution in [-0.4, -0.2) is 47.3 Å². The molecule has 0 saturated carbocycles. The van der Waals surface area contributed by atoms with Crippen LogP contribution in [0, 0.1) is 0 Å². The number of ether oxygens (including phenoxy) is 1. The standard InChI is InChI=1S/C16H29NO3/c1-2-5-15-12-14(9-11-20-15)17-10-4-3-6-13(17)7-8-16(18)19/h13-15H,2-12H2,1H3,(H,18,19). The second kappa shape index (κ2) is 7.99. The van der Waals surface area contributed by atoms with E-state index in [-0.39, 0.29) is 0 Å². The van der Waals surface area contributed by atoms with Gasteiger partial charge in [-0.05, 0) is 45.1 Å². The second-order valence-electron chi connectivity index (χ2n) is 6.28. The molecule has 2 heterocycles. The number of nitrogens with zero attached hydrogens (tertiary/aromatic N) is 1. The van der Waals surface area contributed by atoms with Crippen LogP contribution < -0.4 is 0 Å². The fourth-order valence-electron chi connectivity index (χ4n) is 3.79. The molecular weight excluding hydrogens is 254 g/mol. The van der Waals surface area contributed by atoms with Crippen LogP contribution in [0.1, 0.15) is 64.7 Å². The van der Waals surface area contributed by atoms with Gasteiger partial charge in [-0.25, -0.2) is 0 Å². The van der Waals surface area contributed by atoms with Crippen molar-refractivity contribution >= 4 is 5.97 Å². The summed E-state index contributed by atoms with van der Waals surface area (Å²) in [5.74, 6) is -0.661. The fourth-order valence-corrected chi connectivity index (χ4v) is 3.79. The number of carboxylic acids is 1. The number of carbonyl (C=O) groups is 1. The summed E-state index contributed by atoms with van der Waals surface area (Å²) in [6.07, 6.45) is 9.81. The molecule has 0 aromatic carbocycles. The maximum Gasteiger partial charge on any atom is 0.303 e. The first-order valence-electron chi connectivity index (χ1n) is 8.29. The molecule has 116 valence electrons. The Labute approximate surface area is 122 Å². The van der Waals surface area contributed by atoms with Crippen LogP contribution in [-0.2, 0) is 9.53 Å². The molecule has 4 heteroatoms. The maximum absolute atomic E-state index is 10.8. The van der Waals surface area contributed by atoms with Gasteiger partial charge in [0, 0.05) is 25.1 Å². The van der Waals surface area contributed by atoms with Crippen LogP contribution >= 0.6 is 0 Å². The molecule has 0 bridgehead atoms. The molecule has 0 amide bonds. The van der Waals surface area contributed by atoms with Crippen molar-refractivity contribution in [2.45, 2.75) is 82.9 Å². The topological polar surface area (TPSA) is 49.8 Å². The number of hydrogen-bond acceptors (Lipinski definition) is 3. The van der Waals surface area contributed by atoms with E-state index in [9.17, 15) is 4.79 Å². The number of piperidine rings is 1. The van der Waals surface area contributed by atoms with Gasteiger partial charge in [-0.3, -0.25) is 9.69 Å². The molecule has 4 nitrogen and oxygen atoms in total. The molecule has 3 atom stereocenters. The van der Waals surface area contributed by atoms with Gasteiger partial charge < -0.3 is 9.84 Å². The monoisotopic (exact) mass is 283 g/mol. The van der Waals surface area contributed by atoms with E-state index in [4.69, 9.17) is 9.84 Å². The average molecular weight is 283 g/mol. The van der Waals surface area contributed by atoms with Gasteiger partial charge in [0.1, 0.15) is 0 Å². The molecule has 2 fully saturated rings. The van der Waals surface area contributed by atoms with Crippen molar-refractivity contribution in [1.82, 2.24) is 4.90 Å². The van der Waals surface area contributed by atoms with Crippen molar-refractivity contribution in [1.29, 1.82) is 0 Å². The third-order valence-electron chi connectivity index (χ3n) is 4.78. The summed E-state index contributed by atoms with van der Waals surface area (Å²) in [5.41, 5.74) is 0. The fraction of sp³-hybridized carbons (Fsp3) is 0.938. The maximum atomic E-state index is 10.8. The Morgan fingerprint density at radius 2 is 2.15 bits per heavy atom. The molecule has 2 saturated heterocycles. The Kier molecular flexibility index (Phi) is 6.30. The van der Waals surface area contributed by atoms with Crippen molar-refractivity contribution in [2.24, 2.45) is 0 Å². The van der Waals surface area contributed by atoms with E-state index in [1.807, 2.05) is 0 Å². The number of carboxylic acid groups (broad SMARTS) is 1. The van der Waals surface area contributed by atoms with Crippen molar-refractivity contribution in [3.8, 4) is 0 Å². The van der Waals surface area contributed by atoms with Crippen molar-refractivity contribution in [3.63, 3.8) is 0 Å². The Morgan fingerprint density at radius 3 is 2.90 bits per heavy atom. The predicted molar refractivity (Wildman–Crippen MR) is 78.9 cm³/mol. The zero-order valence-corrected chi connectivity index (χ0v) is 12.7. The highest BCUT2D eigenvalue weighted by Crippen LogP contribution is 2.29. The van der Waals surface area contributed by atoms with Crippen LogP contribution in [0.15, 0.2) is 0 Å².